The van der Waals surface area contributed by atoms with E-state index in [9.17, 15) is 0 Å². The second kappa shape index (κ2) is 21.8. The Bertz CT molecular complexity index is 3840. The number of fused-ring (bicyclic) bond motifs is 7. The van der Waals surface area contributed by atoms with E-state index in [1.54, 1.807) is 60.4 Å². The Kier molecular flexibility index (Phi) is 14.5. The number of hydrogen-bond acceptors (Lipinski definition) is 0. The fourth-order valence-electron chi connectivity index (χ4n) is 22.7. The highest BCUT2D eigenvalue weighted by Crippen LogP contribution is 2.70. The van der Waals surface area contributed by atoms with Crippen molar-refractivity contribution in [1.29, 1.82) is 0 Å². The summed E-state index contributed by atoms with van der Waals surface area (Å²) in [5.41, 5.74) is 25.4. The van der Waals surface area contributed by atoms with Crippen LogP contribution in [-0.2, 0) is 5.41 Å². The van der Waals surface area contributed by atoms with Crippen LogP contribution in [0.3, 0.4) is 0 Å². The lowest BCUT2D eigenvalue weighted by Crippen LogP contribution is -2.46. The third kappa shape index (κ3) is 10.0. The first-order valence-electron chi connectivity index (χ1n) is 37.0. The van der Waals surface area contributed by atoms with Crippen molar-refractivity contribution in [2.75, 3.05) is 0 Å². The van der Waals surface area contributed by atoms with Gasteiger partial charge < -0.3 is 0 Å². The molecule has 14 aliphatic carbocycles. The molecule has 0 aromatic heterocycles. The van der Waals surface area contributed by atoms with Gasteiger partial charge >= 0.3 is 0 Å². The van der Waals surface area contributed by atoms with Gasteiger partial charge in [-0.1, -0.05) is 250 Å². The van der Waals surface area contributed by atoms with E-state index in [0.29, 0.717) is 88.8 Å². The number of rotatable bonds is 4. The van der Waals surface area contributed by atoms with Crippen LogP contribution in [0.1, 0.15) is 234 Å². The molecule has 0 aliphatic heterocycles. The molecule has 0 saturated heterocycles. The summed E-state index contributed by atoms with van der Waals surface area (Å²) in [6.45, 7) is 30.7. The molecule has 466 valence electrons. The zero-order chi connectivity index (χ0) is 61.2. The lowest BCUT2D eigenvalue weighted by molar-refractivity contribution is 0.0774. The number of allylic oxidation sites excluding steroid dienone is 26. The molecular formula is C89H110. The molecule has 0 spiro atoms. The highest BCUT2D eigenvalue weighted by Gasteiger charge is 2.60. The van der Waals surface area contributed by atoms with E-state index < -0.39 is 0 Å². The van der Waals surface area contributed by atoms with Crippen LogP contribution in [0.25, 0.3) is 22.4 Å². The minimum absolute atomic E-state index is 0.0191. The molecule has 0 heteroatoms. The average molecular weight is 1180 g/mol. The van der Waals surface area contributed by atoms with E-state index >= 15 is 0 Å². The minimum atomic E-state index is 0.0191. The molecule has 0 amide bonds. The first kappa shape index (κ1) is 59.1. The second-order valence-electron chi connectivity index (χ2n) is 36.2. The lowest BCUT2D eigenvalue weighted by atomic mass is 9.51. The summed E-state index contributed by atoms with van der Waals surface area (Å²) in [6, 6.07) is 8.28. The van der Waals surface area contributed by atoms with Gasteiger partial charge in [-0.25, -0.2) is 0 Å². The van der Waals surface area contributed by atoms with Crippen LogP contribution in [0.5, 0.6) is 0 Å². The highest BCUT2D eigenvalue weighted by atomic mass is 14.6. The molecule has 0 radical (unpaired) electrons. The van der Waals surface area contributed by atoms with Gasteiger partial charge in [-0.15, -0.1) is 0 Å². The van der Waals surface area contributed by atoms with Crippen molar-refractivity contribution in [1.82, 2.24) is 0 Å². The maximum Gasteiger partial charge on any atom is 0.0101 e. The van der Waals surface area contributed by atoms with Crippen LogP contribution in [0.2, 0.25) is 0 Å². The number of benzene rings is 2. The lowest BCUT2D eigenvalue weighted by Gasteiger charge is -2.53. The second-order valence-corrected chi connectivity index (χ2v) is 36.2. The normalized spacial score (nSPS) is 36.3. The molecule has 0 nitrogen and oxygen atoms in total. The molecule has 16 unspecified atom stereocenters. The summed E-state index contributed by atoms with van der Waals surface area (Å²) in [7, 11) is 0. The first-order valence-corrected chi connectivity index (χ1v) is 37.0. The van der Waals surface area contributed by atoms with Gasteiger partial charge in [0.25, 0.3) is 0 Å². The molecule has 16 rings (SSSR count). The van der Waals surface area contributed by atoms with Crippen LogP contribution in [-0.4, -0.2) is 0 Å². The molecule has 0 heterocycles. The summed E-state index contributed by atoms with van der Waals surface area (Å²) in [5, 5.41) is 6.39. The van der Waals surface area contributed by atoms with E-state index in [0.717, 1.165) is 12.3 Å². The molecule has 2 saturated carbocycles. The molecule has 2 fully saturated rings. The maximum atomic E-state index is 3.15. The van der Waals surface area contributed by atoms with Crippen molar-refractivity contribution < 1.29 is 0 Å². The van der Waals surface area contributed by atoms with Crippen molar-refractivity contribution in [3.05, 3.63) is 198 Å². The summed E-state index contributed by atoms with van der Waals surface area (Å²) in [5.74, 6) is 8.85. The molecule has 16 atom stereocenters. The van der Waals surface area contributed by atoms with Gasteiger partial charge in [-0.05, 0) is 269 Å². The molecule has 2 bridgehead atoms. The molecule has 14 aliphatic rings. The van der Waals surface area contributed by atoms with Crippen LogP contribution < -0.4 is 10.4 Å². The third-order valence-corrected chi connectivity index (χ3v) is 27.2. The fourth-order valence-corrected chi connectivity index (χ4v) is 22.7. The first-order chi connectivity index (χ1) is 42.6. The Morgan fingerprint density at radius 1 is 0.551 bits per heavy atom. The monoisotopic (exact) mass is 1180 g/mol. The zero-order valence-electron chi connectivity index (χ0n) is 57.2. The molecule has 89 heavy (non-hydrogen) atoms. The van der Waals surface area contributed by atoms with Crippen LogP contribution >= 0.6 is 0 Å². The summed E-state index contributed by atoms with van der Waals surface area (Å²) in [4.78, 5) is 0. The van der Waals surface area contributed by atoms with Gasteiger partial charge in [0.05, 0.1) is 0 Å². The molecule has 0 N–H and O–H groups in total. The minimum Gasteiger partial charge on any atom is -0.0842 e. The van der Waals surface area contributed by atoms with Gasteiger partial charge in [0.1, 0.15) is 0 Å². The van der Waals surface area contributed by atoms with Crippen molar-refractivity contribution in [2.45, 2.75) is 222 Å². The standard InChI is InChI=1S/C89H110/c1-86(2,3)62-32-21-22-33-66(53-25-15-13-16-26-53)72-49-63(87(4,5)6)41-58-40-59(37-52(38-62)39-70(58)72)81-73-44-55-29-19-20-30-56(55)45-74(73)83(85-78-46-57-31-23-34-67(57)68-35-24-36-69(82(68)78)84(81)85)75-48-61-43-64(88(7,8)9)50-76-71(54-27-17-14-18-28-54)47-60-42-65(89(10,11)12)51-77(75)80(60)79(61)76/h13-18,20,24-25,27,30,35,37-38,40,42,45,47,50-51,53-55,59,63-64,66,69-70,72-75,78,81,84H,19,21-23,26,28-29,31-34,36,39,41,43-44,46,48-49H2,1-12H3. The van der Waals surface area contributed by atoms with Crippen molar-refractivity contribution in [2.24, 2.45) is 99.1 Å². The SMILES string of the molecule is CC(C)(C)C1=CC2=CC(C3C4CC5CCC=CC5=CC4C(C4CC5=c6c(c(C7C=CC=CC7)cc7cc(C(C)(C)C)cc4c67)=CC(C(C)(C)C)C5)=C4C5CC6=C(CCC6)C6=C5C(CC=C6)C43)C=C3CC(C(C)(C)C)CC(C3C2)C(C2C=CC=CC2)CCCC1. The largest absolute Gasteiger partial charge is 0.0842 e. The van der Waals surface area contributed by atoms with E-state index in [4.69, 9.17) is 0 Å². The van der Waals surface area contributed by atoms with E-state index in [1.807, 2.05) is 27.9 Å². The summed E-state index contributed by atoms with van der Waals surface area (Å²) < 4.78 is 0. The van der Waals surface area contributed by atoms with Crippen molar-refractivity contribution >= 4 is 22.4 Å². The van der Waals surface area contributed by atoms with Gasteiger partial charge in [-0.3, -0.25) is 0 Å². The van der Waals surface area contributed by atoms with E-state index in [-0.39, 0.29) is 21.7 Å². The van der Waals surface area contributed by atoms with Crippen molar-refractivity contribution in [3.63, 3.8) is 0 Å². The fraction of sp³-hybridized carbons (Fsp3) is 0.573. The smallest absolute Gasteiger partial charge is 0.0101 e. The van der Waals surface area contributed by atoms with Crippen LogP contribution in [0.4, 0.5) is 0 Å². The van der Waals surface area contributed by atoms with Gasteiger partial charge in [0.2, 0.25) is 0 Å². The summed E-state index contributed by atoms with van der Waals surface area (Å²) in [6.07, 6.45) is 69.3. The Morgan fingerprint density at radius 2 is 1.37 bits per heavy atom. The van der Waals surface area contributed by atoms with E-state index in [1.165, 1.54) is 127 Å². The third-order valence-electron chi connectivity index (χ3n) is 27.2. The van der Waals surface area contributed by atoms with Crippen LogP contribution in [0.15, 0.2) is 171 Å². The Balaban J connectivity index is 0.966. The van der Waals surface area contributed by atoms with Crippen molar-refractivity contribution in [3.8, 4) is 0 Å². The predicted molar refractivity (Wildman–Crippen MR) is 378 cm³/mol. The van der Waals surface area contributed by atoms with Crippen LogP contribution in [0, 0.1) is 99.1 Å². The van der Waals surface area contributed by atoms with Gasteiger partial charge in [0, 0.05) is 23.7 Å². The Labute approximate surface area is 539 Å². The molecule has 2 aromatic carbocycles. The number of hydrogen-bond donors (Lipinski definition) is 0. The quantitative estimate of drug-likeness (QED) is 0.268. The Morgan fingerprint density at radius 3 is 2.13 bits per heavy atom. The average Bonchev–Trinajstić information content (AvgIpc) is 1.61. The van der Waals surface area contributed by atoms with Gasteiger partial charge in [0.15, 0.2) is 0 Å². The van der Waals surface area contributed by atoms with Gasteiger partial charge in [-0.2, -0.15) is 0 Å². The highest BCUT2D eigenvalue weighted by molar-refractivity contribution is 5.93. The molecular weight excluding hydrogens is 1070 g/mol. The molecule has 2 aromatic rings. The maximum absolute atomic E-state index is 3.15. The predicted octanol–water partition coefficient (Wildman–Crippen LogP) is 22.5. The van der Waals surface area contributed by atoms with E-state index in [2.05, 4.69) is 205 Å². The zero-order valence-corrected chi connectivity index (χ0v) is 57.2. The Hall–Kier alpha value is -4.94. The topological polar surface area (TPSA) is 0 Å². The summed E-state index contributed by atoms with van der Waals surface area (Å²) >= 11 is 0.